The van der Waals surface area contributed by atoms with Crippen LogP contribution in [0.4, 0.5) is 21.9 Å². The monoisotopic (exact) mass is 223 g/mol. The standard InChI is InChI=1S/C9H9N3O4/c10-7-2-1-6(5-8(7)12(14)15)11-3-4-16-9(11)13/h1-2,5H,3-4,10H2. The number of rotatable bonds is 2. The van der Waals surface area contributed by atoms with Crippen molar-refractivity contribution in [2.24, 2.45) is 0 Å². The number of nitrogens with two attached hydrogens (primary N) is 1. The second-order valence-electron chi connectivity index (χ2n) is 3.27. The van der Waals surface area contributed by atoms with Crippen LogP contribution in [0.3, 0.4) is 0 Å². The summed E-state index contributed by atoms with van der Waals surface area (Å²) in [6, 6.07) is 4.22. The van der Waals surface area contributed by atoms with Gasteiger partial charge in [-0.05, 0) is 12.1 Å². The van der Waals surface area contributed by atoms with E-state index >= 15 is 0 Å². The third-order valence-electron chi connectivity index (χ3n) is 2.28. The van der Waals surface area contributed by atoms with Crippen LogP contribution in [0.1, 0.15) is 0 Å². The predicted octanol–water partition coefficient (Wildman–Crippen LogP) is 1.13. The lowest BCUT2D eigenvalue weighted by Crippen LogP contribution is -2.23. The average molecular weight is 223 g/mol. The highest BCUT2D eigenvalue weighted by Gasteiger charge is 2.25. The van der Waals surface area contributed by atoms with Crippen molar-refractivity contribution in [1.29, 1.82) is 0 Å². The van der Waals surface area contributed by atoms with Crippen molar-refractivity contribution in [1.82, 2.24) is 0 Å². The van der Waals surface area contributed by atoms with Crippen molar-refractivity contribution in [3.8, 4) is 0 Å². The molecule has 0 unspecified atom stereocenters. The molecule has 1 fully saturated rings. The SMILES string of the molecule is Nc1ccc(N2CCOC2=O)cc1[N+](=O)[O-]. The molecule has 1 aromatic rings. The lowest BCUT2D eigenvalue weighted by atomic mass is 10.2. The molecule has 2 rings (SSSR count). The molecule has 0 saturated carbocycles. The zero-order valence-electron chi connectivity index (χ0n) is 8.25. The maximum Gasteiger partial charge on any atom is 0.414 e. The zero-order chi connectivity index (χ0) is 11.7. The number of hydrogen-bond donors (Lipinski definition) is 1. The molecule has 0 radical (unpaired) electrons. The van der Waals surface area contributed by atoms with E-state index in [9.17, 15) is 14.9 Å². The summed E-state index contributed by atoms with van der Waals surface area (Å²) in [6.07, 6.45) is -0.501. The van der Waals surface area contributed by atoms with Crippen molar-refractivity contribution in [3.05, 3.63) is 28.3 Å². The number of amides is 1. The summed E-state index contributed by atoms with van der Waals surface area (Å²) in [6.45, 7) is 0.677. The van der Waals surface area contributed by atoms with E-state index < -0.39 is 11.0 Å². The van der Waals surface area contributed by atoms with Crippen LogP contribution < -0.4 is 10.6 Å². The van der Waals surface area contributed by atoms with Crippen LogP contribution in [-0.4, -0.2) is 24.2 Å². The number of ether oxygens (including phenoxy) is 1. The first-order valence-corrected chi connectivity index (χ1v) is 4.58. The molecule has 84 valence electrons. The number of cyclic esters (lactones) is 1. The maximum atomic E-state index is 11.2. The number of nitro benzene ring substituents is 1. The van der Waals surface area contributed by atoms with E-state index in [1.54, 1.807) is 6.07 Å². The molecule has 7 heteroatoms. The molecule has 0 atom stereocenters. The van der Waals surface area contributed by atoms with Gasteiger partial charge in [0.15, 0.2) is 0 Å². The fourth-order valence-electron chi connectivity index (χ4n) is 1.49. The van der Waals surface area contributed by atoms with Crippen LogP contribution in [0.25, 0.3) is 0 Å². The van der Waals surface area contributed by atoms with Crippen LogP contribution in [0, 0.1) is 10.1 Å². The summed E-state index contributed by atoms with van der Waals surface area (Å²) >= 11 is 0. The Hall–Kier alpha value is -2.31. The lowest BCUT2D eigenvalue weighted by Gasteiger charge is -2.12. The Kier molecular flexibility index (Phi) is 2.35. The molecule has 1 aromatic carbocycles. The normalized spacial score (nSPS) is 15.0. The smallest absolute Gasteiger partial charge is 0.414 e. The number of anilines is 2. The molecule has 2 N–H and O–H groups in total. The fraction of sp³-hybridized carbons (Fsp3) is 0.222. The Balaban J connectivity index is 2.39. The van der Waals surface area contributed by atoms with E-state index in [2.05, 4.69) is 0 Å². The number of carbonyl (C=O) groups is 1. The van der Waals surface area contributed by atoms with Crippen molar-refractivity contribution in [2.75, 3.05) is 23.8 Å². The number of benzene rings is 1. The summed E-state index contributed by atoms with van der Waals surface area (Å²) in [7, 11) is 0. The van der Waals surface area contributed by atoms with Gasteiger partial charge in [0, 0.05) is 6.07 Å². The molecule has 0 aliphatic carbocycles. The van der Waals surface area contributed by atoms with E-state index in [1.807, 2.05) is 0 Å². The van der Waals surface area contributed by atoms with Gasteiger partial charge in [0.25, 0.3) is 5.69 Å². The van der Waals surface area contributed by atoms with Crippen LogP contribution >= 0.6 is 0 Å². The first-order chi connectivity index (χ1) is 7.59. The Labute approximate surface area is 90.5 Å². The lowest BCUT2D eigenvalue weighted by molar-refractivity contribution is -0.383. The van der Waals surface area contributed by atoms with Crippen molar-refractivity contribution >= 4 is 23.2 Å². The van der Waals surface area contributed by atoms with Gasteiger partial charge in [0.1, 0.15) is 12.3 Å². The number of carbonyl (C=O) groups excluding carboxylic acids is 1. The minimum atomic E-state index is -0.583. The van der Waals surface area contributed by atoms with E-state index in [4.69, 9.17) is 10.5 Å². The van der Waals surface area contributed by atoms with Gasteiger partial charge in [-0.2, -0.15) is 0 Å². The third-order valence-corrected chi connectivity index (χ3v) is 2.28. The number of nitrogen functional groups attached to an aromatic ring is 1. The van der Waals surface area contributed by atoms with Crippen molar-refractivity contribution in [3.63, 3.8) is 0 Å². The van der Waals surface area contributed by atoms with E-state index in [0.717, 1.165) is 0 Å². The third kappa shape index (κ3) is 1.62. The molecule has 0 bridgehead atoms. The Morgan fingerprint density at radius 2 is 2.25 bits per heavy atom. The Morgan fingerprint density at radius 1 is 1.50 bits per heavy atom. The van der Waals surface area contributed by atoms with Gasteiger partial charge in [-0.25, -0.2) is 4.79 Å². The quantitative estimate of drug-likeness (QED) is 0.460. The van der Waals surface area contributed by atoms with Gasteiger partial charge in [-0.3, -0.25) is 15.0 Å². The van der Waals surface area contributed by atoms with Gasteiger partial charge in [0.05, 0.1) is 17.2 Å². The summed E-state index contributed by atoms with van der Waals surface area (Å²) < 4.78 is 4.74. The largest absolute Gasteiger partial charge is 0.447 e. The molecule has 1 saturated heterocycles. The summed E-state index contributed by atoms with van der Waals surface area (Å²) in [5.41, 5.74) is 5.73. The van der Waals surface area contributed by atoms with Gasteiger partial charge in [-0.1, -0.05) is 0 Å². The molecule has 1 amide bonds. The second-order valence-corrected chi connectivity index (χ2v) is 3.27. The van der Waals surface area contributed by atoms with Gasteiger partial charge >= 0.3 is 6.09 Å². The highest BCUT2D eigenvalue weighted by atomic mass is 16.6. The minimum Gasteiger partial charge on any atom is -0.447 e. The van der Waals surface area contributed by atoms with E-state index in [-0.39, 0.29) is 18.0 Å². The first-order valence-electron chi connectivity index (χ1n) is 4.58. The van der Waals surface area contributed by atoms with E-state index in [0.29, 0.717) is 12.2 Å². The molecular formula is C9H9N3O4. The Bertz CT molecular complexity index is 460. The highest BCUT2D eigenvalue weighted by Crippen LogP contribution is 2.28. The Morgan fingerprint density at radius 3 is 2.81 bits per heavy atom. The first kappa shape index (κ1) is 10.2. The molecule has 1 heterocycles. The van der Waals surface area contributed by atoms with Gasteiger partial charge < -0.3 is 10.5 Å². The molecule has 7 nitrogen and oxygen atoms in total. The molecule has 1 aliphatic heterocycles. The second kappa shape index (κ2) is 3.69. The van der Waals surface area contributed by atoms with Crippen LogP contribution in [-0.2, 0) is 4.74 Å². The van der Waals surface area contributed by atoms with Crippen molar-refractivity contribution < 1.29 is 14.5 Å². The summed E-state index contributed by atoms with van der Waals surface area (Å²) in [4.78, 5) is 22.6. The van der Waals surface area contributed by atoms with E-state index in [1.165, 1.54) is 17.0 Å². The zero-order valence-corrected chi connectivity index (χ0v) is 8.25. The minimum absolute atomic E-state index is 0.0707. The van der Waals surface area contributed by atoms with Gasteiger partial charge in [0.2, 0.25) is 0 Å². The average Bonchev–Trinajstić information content (AvgIpc) is 2.65. The number of hydrogen-bond acceptors (Lipinski definition) is 5. The van der Waals surface area contributed by atoms with Crippen LogP contribution in [0.15, 0.2) is 18.2 Å². The summed E-state index contributed by atoms with van der Waals surface area (Å²) in [5, 5.41) is 10.7. The van der Waals surface area contributed by atoms with Crippen molar-refractivity contribution in [2.45, 2.75) is 0 Å². The predicted molar refractivity (Wildman–Crippen MR) is 56.2 cm³/mol. The maximum absolute atomic E-state index is 11.2. The topological polar surface area (TPSA) is 98.7 Å². The number of nitro groups is 1. The van der Waals surface area contributed by atoms with Crippen LogP contribution in [0.2, 0.25) is 0 Å². The molecule has 16 heavy (non-hydrogen) atoms. The fourth-order valence-corrected chi connectivity index (χ4v) is 1.49. The van der Waals surface area contributed by atoms with Crippen LogP contribution in [0.5, 0.6) is 0 Å². The highest BCUT2D eigenvalue weighted by molar-refractivity contribution is 5.90. The summed E-state index contributed by atoms with van der Waals surface area (Å²) in [5.74, 6) is 0. The van der Waals surface area contributed by atoms with Gasteiger partial charge in [-0.15, -0.1) is 0 Å². The molecule has 0 aromatic heterocycles. The molecular weight excluding hydrogens is 214 g/mol. The number of nitrogens with zero attached hydrogens (tertiary/aromatic N) is 2. The molecule has 0 spiro atoms. The molecule has 1 aliphatic rings.